The van der Waals surface area contributed by atoms with Gasteiger partial charge in [0.1, 0.15) is 23.9 Å². The van der Waals surface area contributed by atoms with Crippen molar-refractivity contribution in [3.05, 3.63) is 0 Å². The second kappa shape index (κ2) is 15.7. The predicted molar refractivity (Wildman–Crippen MR) is 152 cm³/mol. The van der Waals surface area contributed by atoms with Gasteiger partial charge in [-0.25, -0.2) is 8.78 Å². The molecule has 0 aromatic heterocycles. The summed E-state index contributed by atoms with van der Waals surface area (Å²) in [6, 6.07) is -2.59. The van der Waals surface area contributed by atoms with Crippen LogP contribution in [0, 0.1) is 0 Å². The number of halogens is 2. The molecule has 44 heavy (non-hydrogen) atoms. The highest BCUT2D eigenvalue weighted by atomic mass is 19.3. The number of likely N-dealkylation sites (N-methyl/N-ethyl adjacent to an activating group) is 1. The molecule has 0 bridgehead atoms. The Kier molecular flexibility index (Phi) is 13.2. The van der Waals surface area contributed by atoms with Crippen LogP contribution >= 0.6 is 0 Å². The van der Waals surface area contributed by atoms with Crippen LogP contribution in [0.3, 0.4) is 0 Å². The zero-order valence-electron chi connectivity index (χ0n) is 25.3. The van der Waals surface area contributed by atoms with Crippen molar-refractivity contribution in [3.63, 3.8) is 0 Å². The Balaban J connectivity index is 1.74. The first-order valence-electron chi connectivity index (χ1n) is 14.7. The highest BCUT2D eigenvalue weighted by molar-refractivity contribution is 5.85. The lowest BCUT2D eigenvalue weighted by molar-refractivity contribution is -0.296. The molecule has 0 saturated carbocycles. The number of nitrogens with one attached hydrogen (secondary N) is 3. The number of carbonyl (C=O) groups is 1. The number of nitrogens with two attached hydrogens (primary N) is 3. The van der Waals surface area contributed by atoms with Crippen LogP contribution in [-0.2, 0) is 23.7 Å². The average molecular weight is 642 g/mol. The first kappa shape index (κ1) is 36.8. The third-order valence-electron chi connectivity index (χ3n) is 8.27. The Morgan fingerprint density at radius 3 is 2.57 bits per heavy atom. The number of rotatable bonds is 14. The van der Waals surface area contributed by atoms with Crippen LogP contribution in [-0.4, -0.2) is 151 Å². The lowest BCUT2D eigenvalue weighted by atomic mass is 9.90. The summed E-state index contributed by atoms with van der Waals surface area (Å²) in [5.74, 6) is -1.48. The van der Waals surface area contributed by atoms with Crippen LogP contribution in [0.2, 0.25) is 0 Å². The monoisotopic (exact) mass is 641 g/mol. The average Bonchev–Trinajstić information content (AvgIpc) is 3.43. The van der Waals surface area contributed by atoms with E-state index >= 15 is 0 Å². The van der Waals surface area contributed by atoms with Crippen molar-refractivity contribution >= 4 is 11.7 Å². The number of amidine groups is 1. The van der Waals surface area contributed by atoms with Gasteiger partial charge in [-0.1, -0.05) is 0 Å². The van der Waals surface area contributed by atoms with Crippen molar-refractivity contribution in [2.24, 2.45) is 22.2 Å². The Morgan fingerprint density at radius 2 is 1.95 bits per heavy atom. The van der Waals surface area contributed by atoms with E-state index in [1.165, 1.54) is 13.8 Å². The molecule has 3 heterocycles. The highest BCUT2D eigenvalue weighted by Gasteiger charge is 2.48. The Bertz CT molecular complexity index is 963. The Labute approximate surface area is 255 Å². The lowest BCUT2D eigenvalue weighted by Gasteiger charge is -2.45. The van der Waals surface area contributed by atoms with E-state index in [4.69, 9.17) is 36.1 Å². The van der Waals surface area contributed by atoms with Gasteiger partial charge in [0.05, 0.1) is 43.5 Å². The summed E-state index contributed by atoms with van der Waals surface area (Å²) in [6.45, 7) is 2.94. The number of β-amino-alcohol motifs (C(OH)–C–C–N with tert-alkyl or cyclic N) is 1. The minimum Gasteiger partial charge on any atom is -0.388 e. The number of aliphatic hydroxyl groups excluding tert-OH is 2. The van der Waals surface area contributed by atoms with E-state index in [2.05, 4.69) is 20.9 Å². The van der Waals surface area contributed by atoms with Gasteiger partial charge < -0.3 is 72.5 Å². The zero-order chi connectivity index (χ0) is 32.8. The SMILES string of the molecule is CNC1C(O)C(OC(C)C(O)C(OC2OC(CN=C(N)C(F)F)CCC2N)C(N)CNC(=O)C2(O)CCNC2)OCC1(C)O. The third-order valence-corrected chi connectivity index (χ3v) is 8.27. The maximum atomic E-state index is 12.8. The Hall–Kier alpha value is -1.68. The van der Waals surface area contributed by atoms with Gasteiger partial charge in [-0.05, 0) is 46.7 Å². The van der Waals surface area contributed by atoms with Gasteiger partial charge in [0.25, 0.3) is 12.3 Å². The molecule has 12 unspecified atom stereocenters. The molecule has 0 spiro atoms. The molecule has 0 aliphatic carbocycles. The standard InChI is InChI=1S/C26H49F2N7O9/c1-12(42-23-17(37)19(32-3)25(2,39)11-41-23)16(36)18(15(30)9-35-24(38)26(40)6-7-33-10-26)44-22-14(29)5-4-13(43-22)8-34-21(31)20(27)28/h12-20,22-23,32-33,36-37,39-40H,4-11,29-30H2,1-3H3,(H2,31,34)(H,35,38). The smallest absolute Gasteiger partial charge is 0.294 e. The van der Waals surface area contributed by atoms with Crippen molar-refractivity contribution in [3.8, 4) is 0 Å². The summed E-state index contributed by atoms with van der Waals surface area (Å²) in [7, 11) is 1.56. The molecular formula is C26H49F2N7O9. The number of aliphatic hydroxyl groups is 4. The fourth-order valence-electron chi connectivity index (χ4n) is 5.49. The summed E-state index contributed by atoms with van der Waals surface area (Å²) >= 11 is 0. The minimum absolute atomic E-state index is 0.0659. The van der Waals surface area contributed by atoms with E-state index in [9.17, 15) is 34.0 Å². The van der Waals surface area contributed by atoms with E-state index in [-0.39, 0.29) is 32.7 Å². The molecule has 12 atom stereocenters. The van der Waals surface area contributed by atoms with Crippen molar-refractivity contribution in [1.82, 2.24) is 16.0 Å². The molecule has 18 heteroatoms. The molecule has 3 fully saturated rings. The number of nitrogens with zero attached hydrogens (tertiary/aromatic N) is 1. The molecule has 256 valence electrons. The summed E-state index contributed by atoms with van der Waals surface area (Å²) in [5.41, 5.74) is 14.9. The van der Waals surface area contributed by atoms with Gasteiger partial charge in [0.15, 0.2) is 24.0 Å². The van der Waals surface area contributed by atoms with E-state index in [0.717, 1.165) is 0 Å². The second-order valence-corrected chi connectivity index (χ2v) is 12.0. The zero-order valence-corrected chi connectivity index (χ0v) is 25.3. The molecule has 3 aliphatic rings. The number of carbonyl (C=O) groups excluding carboxylic acids is 1. The molecule has 0 radical (unpaired) electrons. The maximum Gasteiger partial charge on any atom is 0.294 e. The van der Waals surface area contributed by atoms with E-state index in [0.29, 0.717) is 19.4 Å². The van der Waals surface area contributed by atoms with Crippen LogP contribution in [0.4, 0.5) is 8.78 Å². The second-order valence-electron chi connectivity index (χ2n) is 12.0. The van der Waals surface area contributed by atoms with E-state index < -0.39 is 90.6 Å². The number of amides is 1. The van der Waals surface area contributed by atoms with Crippen LogP contribution in [0.25, 0.3) is 0 Å². The van der Waals surface area contributed by atoms with Gasteiger partial charge in [0, 0.05) is 13.1 Å². The van der Waals surface area contributed by atoms with Gasteiger partial charge in [-0.15, -0.1) is 0 Å². The summed E-state index contributed by atoms with van der Waals surface area (Å²) in [6.07, 6.45) is -10.2. The first-order chi connectivity index (χ1) is 20.6. The molecule has 3 saturated heterocycles. The molecule has 0 aromatic carbocycles. The van der Waals surface area contributed by atoms with Crippen LogP contribution in [0.5, 0.6) is 0 Å². The minimum atomic E-state index is -2.92. The largest absolute Gasteiger partial charge is 0.388 e. The van der Waals surface area contributed by atoms with Crippen LogP contribution in [0.1, 0.15) is 33.1 Å². The predicted octanol–water partition coefficient (Wildman–Crippen LogP) is -4.18. The molecule has 16 nitrogen and oxygen atoms in total. The van der Waals surface area contributed by atoms with Gasteiger partial charge in [-0.2, -0.15) is 0 Å². The normalized spacial score (nSPS) is 37.9. The molecule has 3 rings (SSSR count). The topological polar surface area (TPSA) is 261 Å². The van der Waals surface area contributed by atoms with Gasteiger partial charge >= 0.3 is 0 Å². The van der Waals surface area contributed by atoms with Crippen LogP contribution in [0.15, 0.2) is 4.99 Å². The molecule has 13 N–H and O–H groups in total. The fraction of sp³-hybridized carbons (Fsp3) is 0.923. The van der Waals surface area contributed by atoms with Crippen molar-refractivity contribution < 1.29 is 52.9 Å². The maximum absolute atomic E-state index is 12.8. The number of alkyl halides is 2. The van der Waals surface area contributed by atoms with Crippen molar-refractivity contribution in [1.29, 1.82) is 0 Å². The molecule has 3 aliphatic heterocycles. The molecule has 1 amide bonds. The van der Waals surface area contributed by atoms with E-state index in [1.807, 2.05) is 0 Å². The van der Waals surface area contributed by atoms with Gasteiger partial charge in [-0.3, -0.25) is 9.79 Å². The fourth-order valence-corrected chi connectivity index (χ4v) is 5.49. The number of hydrogen-bond acceptors (Lipinski definition) is 14. The quantitative estimate of drug-likeness (QED) is 0.0637. The number of hydrogen-bond donors (Lipinski definition) is 10. The summed E-state index contributed by atoms with van der Waals surface area (Å²) < 4.78 is 48.9. The third kappa shape index (κ3) is 9.20. The van der Waals surface area contributed by atoms with Gasteiger partial charge in [0.2, 0.25) is 0 Å². The van der Waals surface area contributed by atoms with Crippen molar-refractivity contribution in [2.45, 2.75) is 112 Å². The van der Waals surface area contributed by atoms with E-state index in [1.54, 1.807) is 7.05 Å². The lowest BCUT2D eigenvalue weighted by Crippen LogP contribution is -2.66. The number of ether oxygens (including phenoxy) is 4. The summed E-state index contributed by atoms with van der Waals surface area (Å²) in [5, 5.41) is 51.6. The first-order valence-corrected chi connectivity index (χ1v) is 14.7. The highest BCUT2D eigenvalue weighted by Crippen LogP contribution is 2.28. The number of aliphatic imine (C=N–C) groups is 1. The summed E-state index contributed by atoms with van der Waals surface area (Å²) in [4.78, 5) is 16.4. The van der Waals surface area contributed by atoms with Crippen molar-refractivity contribution in [2.75, 3.05) is 39.8 Å². The molecular weight excluding hydrogens is 592 g/mol. The van der Waals surface area contributed by atoms with Crippen LogP contribution < -0.4 is 33.2 Å². The molecule has 0 aromatic rings. The Morgan fingerprint density at radius 1 is 1.25 bits per heavy atom.